The zero-order valence-electron chi connectivity index (χ0n) is 16.5. The fourth-order valence-electron chi connectivity index (χ4n) is 3.88. The van der Waals surface area contributed by atoms with Gasteiger partial charge in [0.2, 0.25) is 0 Å². The summed E-state index contributed by atoms with van der Waals surface area (Å²) in [6.07, 6.45) is 2.73. The Labute approximate surface area is 173 Å². The smallest absolute Gasteiger partial charge is 0.167 e. The molecule has 6 heteroatoms. The van der Waals surface area contributed by atoms with E-state index in [9.17, 15) is 14.0 Å². The minimum atomic E-state index is -0.736. The Morgan fingerprint density at radius 3 is 2.53 bits per heavy atom. The summed E-state index contributed by atoms with van der Waals surface area (Å²) in [5.74, 6) is -0.283. The van der Waals surface area contributed by atoms with Gasteiger partial charge in [-0.1, -0.05) is 37.3 Å². The summed E-state index contributed by atoms with van der Waals surface area (Å²) in [7, 11) is 0. The number of fused-ring (bicyclic) bond motifs is 1. The number of hydrogen-bond donors (Lipinski definition) is 0. The Hall–Kier alpha value is -3.41. The molecule has 2 atom stereocenters. The van der Waals surface area contributed by atoms with Crippen LogP contribution in [0.5, 0.6) is 5.75 Å². The summed E-state index contributed by atoms with van der Waals surface area (Å²) in [5, 5.41) is 7.53. The molecule has 5 nitrogen and oxygen atoms in total. The lowest BCUT2D eigenvalue weighted by Gasteiger charge is -2.16. The predicted octanol–water partition coefficient (Wildman–Crippen LogP) is 4.36. The van der Waals surface area contributed by atoms with Crippen LogP contribution in [0.15, 0.2) is 60.9 Å². The molecule has 0 saturated heterocycles. The number of benzene rings is 2. The number of halogens is 1. The van der Waals surface area contributed by atoms with Gasteiger partial charge in [-0.15, -0.1) is 0 Å². The van der Waals surface area contributed by atoms with Gasteiger partial charge in [-0.2, -0.15) is 10.2 Å². The van der Waals surface area contributed by atoms with E-state index in [1.807, 2.05) is 30.3 Å². The third-order valence-electron chi connectivity index (χ3n) is 5.36. The first kappa shape index (κ1) is 19.9. The second-order valence-corrected chi connectivity index (χ2v) is 7.27. The molecule has 0 N–H and O–H groups in total. The minimum absolute atomic E-state index is 0.136. The third kappa shape index (κ3) is 3.73. The molecule has 0 bridgehead atoms. The summed E-state index contributed by atoms with van der Waals surface area (Å²) in [6.45, 7) is 1.06. The van der Waals surface area contributed by atoms with Crippen molar-refractivity contribution in [3.8, 4) is 5.75 Å². The van der Waals surface area contributed by atoms with Crippen molar-refractivity contribution >= 4 is 11.6 Å². The van der Waals surface area contributed by atoms with Gasteiger partial charge < -0.3 is 4.74 Å². The van der Waals surface area contributed by atoms with E-state index in [1.165, 1.54) is 6.20 Å². The Kier molecular flexibility index (Phi) is 5.65. The van der Waals surface area contributed by atoms with Crippen molar-refractivity contribution in [2.75, 3.05) is 6.67 Å². The van der Waals surface area contributed by atoms with Crippen molar-refractivity contribution in [2.45, 2.75) is 31.8 Å². The Morgan fingerprint density at radius 1 is 1.07 bits per heavy atom. The number of carbonyl (C=O) groups excluding carboxylic acids is 2. The minimum Gasteiger partial charge on any atom is -0.486 e. The monoisotopic (exact) mass is 404 g/mol. The number of ketones is 2. The van der Waals surface area contributed by atoms with Gasteiger partial charge in [-0.05, 0) is 29.3 Å². The fourth-order valence-corrected chi connectivity index (χ4v) is 3.88. The number of rotatable bonds is 7. The largest absolute Gasteiger partial charge is 0.486 e. The van der Waals surface area contributed by atoms with Gasteiger partial charge in [0, 0.05) is 30.2 Å². The molecule has 1 aliphatic rings. The maximum absolute atomic E-state index is 13.9. The molecule has 4 rings (SSSR count). The average molecular weight is 404 g/mol. The Bertz CT molecular complexity index is 1070. The number of carbonyl (C=O) groups is 2. The molecule has 0 radical (unpaired) electrons. The molecular formula is C24H21FN2O3. The zero-order chi connectivity index (χ0) is 21.1. The number of hydrogen-bond acceptors (Lipinski definition) is 5. The fraction of sp³-hybridized carbons (Fsp3) is 0.250. The average Bonchev–Trinajstić information content (AvgIpc) is 3.17. The molecule has 1 aliphatic heterocycles. The second kappa shape index (κ2) is 8.53. The maximum atomic E-state index is 13.9. The van der Waals surface area contributed by atoms with Gasteiger partial charge >= 0.3 is 0 Å². The summed E-state index contributed by atoms with van der Waals surface area (Å²) >= 11 is 0. The second-order valence-electron chi connectivity index (χ2n) is 7.27. The van der Waals surface area contributed by atoms with Gasteiger partial charge in [-0.3, -0.25) is 9.59 Å². The Morgan fingerprint density at radius 2 is 1.87 bits per heavy atom. The third-order valence-corrected chi connectivity index (χ3v) is 5.36. The van der Waals surface area contributed by atoms with Crippen LogP contribution in [-0.4, -0.2) is 34.5 Å². The van der Waals surface area contributed by atoms with Gasteiger partial charge in [0.15, 0.2) is 11.6 Å². The summed E-state index contributed by atoms with van der Waals surface area (Å²) in [4.78, 5) is 25.6. The molecule has 152 valence electrons. The number of ether oxygens (including phenoxy) is 1. The normalized spacial score (nSPS) is 17.3. The molecule has 3 aromatic rings. The highest BCUT2D eigenvalue weighted by Gasteiger charge is 2.38. The van der Waals surface area contributed by atoms with Gasteiger partial charge in [0.1, 0.15) is 18.5 Å². The molecule has 0 fully saturated rings. The first-order chi connectivity index (χ1) is 14.6. The van der Waals surface area contributed by atoms with Crippen LogP contribution in [-0.2, 0) is 6.42 Å². The lowest BCUT2D eigenvalue weighted by molar-refractivity contribution is 0.0980. The predicted molar refractivity (Wildman–Crippen MR) is 110 cm³/mol. The molecule has 0 saturated carbocycles. The summed E-state index contributed by atoms with van der Waals surface area (Å²) in [6, 6.07) is 14.5. The van der Waals surface area contributed by atoms with Crippen LogP contribution in [0.2, 0.25) is 0 Å². The molecule has 0 unspecified atom stereocenters. The lowest BCUT2D eigenvalue weighted by atomic mass is 9.85. The van der Waals surface area contributed by atoms with E-state index in [2.05, 4.69) is 10.2 Å². The first-order valence-corrected chi connectivity index (χ1v) is 9.89. The van der Waals surface area contributed by atoms with E-state index < -0.39 is 12.8 Å². The van der Waals surface area contributed by atoms with Crippen LogP contribution < -0.4 is 4.74 Å². The molecule has 0 amide bonds. The SMILES string of the molecule is CCC(=O)c1cc(C(=O)Cc2ccnnc2)cc2c1O[C@@H](CF)[C@@H]2c1ccccc1. The van der Waals surface area contributed by atoms with Crippen molar-refractivity contribution in [1.29, 1.82) is 0 Å². The van der Waals surface area contributed by atoms with Crippen LogP contribution >= 0.6 is 0 Å². The van der Waals surface area contributed by atoms with Gasteiger partial charge in [-0.25, -0.2) is 4.39 Å². The summed E-state index contributed by atoms with van der Waals surface area (Å²) < 4.78 is 19.8. The van der Waals surface area contributed by atoms with E-state index in [0.717, 1.165) is 11.1 Å². The van der Waals surface area contributed by atoms with Crippen LogP contribution in [0, 0.1) is 0 Å². The van der Waals surface area contributed by atoms with E-state index in [1.54, 1.807) is 31.3 Å². The van der Waals surface area contributed by atoms with E-state index in [4.69, 9.17) is 4.74 Å². The zero-order valence-corrected chi connectivity index (χ0v) is 16.5. The molecule has 2 aromatic carbocycles. The van der Waals surface area contributed by atoms with E-state index in [-0.39, 0.29) is 30.3 Å². The van der Waals surface area contributed by atoms with Crippen molar-refractivity contribution in [2.24, 2.45) is 0 Å². The van der Waals surface area contributed by atoms with Crippen LogP contribution in [0.1, 0.15) is 56.7 Å². The van der Waals surface area contributed by atoms with Crippen LogP contribution in [0.3, 0.4) is 0 Å². The molecular weight excluding hydrogens is 383 g/mol. The van der Waals surface area contributed by atoms with Crippen LogP contribution in [0.25, 0.3) is 0 Å². The van der Waals surface area contributed by atoms with Gasteiger partial charge in [0.25, 0.3) is 0 Å². The molecule has 1 aromatic heterocycles. The molecule has 0 aliphatic carbocycles. The highest BCUT2D eigenvalue weighted by Crippen LogP contribution is 2.45. The van der Waals surface area contributed by atoms with E-state index >= 15 is 0 Å². The lowest BCUT2D eigenvalue weighted by Crippen LogP contribution is -2.22. The number of nitrogens with zero attached hydrogens (tertiary/aromatic N) is 2. The summed E-state index contributed by atoms with van der Waals surface area (Å²) in [5.41, 5.74) is 3.04. The standard InChI is InChI=1S/C24H21FN2O3/c1-2-20(28)18-11-17(21(29)10-15-8-9-26-27-14-15)12-19-23(16-6-4-3-5-7-16)22(13-25)30-24(18)19/h3-9,11-12,14,22-23H,2,10,13H2,1H3/t22-,23+/m0/s1. The van der Waals surface area contributed by atoms with Crippen molar-refractivity contribution in [1.82, 2.24) is 10.2 Å². The number of aromatic nitrogens is 2. The highest BCUT2D eigenvalue weighted by molar-refractivity contribution is 6.04. The first-order valence-electron chi connectivity index (χ1n) is 9.89. The van der Waals surface area contributed by atoms with Crippen LogP contribution in [0.4, 0.5) is 4.39 Å². The molecule has 30 heavy (non-hydrogen) atoms. The highest BCUT2D eigenvalue weighted by atomic mass is 19.1. The van der Waals surface area contributed by atoms with Gasteiger partial charge in [0.05, 0.1) is 17.7 Å². The number of alkyl halides is 1. The number of Topliss-reactive ketones (excluding diaryl/α,β-unsaturated/α-hetero) is 2. The van der Waals surface area contributed by atoms with Crippen molar-refractivity contribution < 1.29 is 18.7 Å². The Balaban J connectivity index is 1.81. The van der Waals surface area contributed by atoms with E-state index in [0.29, 0.717) is 22.4 Å². The van der Waals surface area contributed by atoms with Crippen molar-refractivity contribution in [3.05, 3.63) is 88.7 Å². The maximum Gasteiger partial charge on any atom is 0.167 e. The van der Waals surface area contributed by atoms with Crippen molar-refractivity contribution in [3.63, 3.8) is 0 Å². The molecule has 2 heterocycles. The quantitative estimate of drug-likeness (QED) is 0.548. The molecule has 0 spiro atoms. The topological polar surface area (TPSA) is 69.2 Å².